The molecule has 0 aliphatic carbocycles. The molecule has 22 heavy (non-hydrogen) atoms. The number of methoxy groups -OCH3 is 1. The molecule has 1 fully saturated rings. The molecule has 1 saturated heterocycles. The molecule has 0 bridgehead atoms. The topological polar surface area (TPSA) is 43.0 Å². The molecule has 3 rings (SSSR count). The minimum absolute atomic E-state index is 0.580. The Morgan fingerprint density at radius 1 is 1.32 bits per heavy atom. The summed E-state index contributed by atoms with van der Waals surface area (Å²) in [5.41, 5.74) is 1.17. The zero-order chi connectivity index (χ0) is 15.4. The van der Waals surface area contributed by atoms with E-state index in [1.165, 1.54) is 31.5 Å². The summed E-state index contributed by atoms with van der Waals surface area (Å²) >= 11 is 0. The predicted octanol–water partition coefficient (Wildman–Crippen LogP) is 1.90. The normalized spacial score (nSPS) is 21.6. The largest absolute Gasteiger partial charge is 0.493 e. The van der Waals surface area contributed by atoms with E-state index in [1.807, 2.05) is 6.07 Å². The maximum atomic E-state index is 5.68. The zero-order valence-corrected chi connectivity index (χ0v) is 13.6. The van der Waals surface area contributed by atoms with Crippen molar-refractivity contribution in [3.8, 4) is 17.2 Å². The molecular formula is C17H26N2O3. The minimum atomic E-state index is 0.580. The molecule has 1 aromatic carbocycles. The lowest BCUT2D eigenvalue weighted by atomic mass is 9.98. The maximum Gasteiger partial charge on any atom is 0.203 e. The Kier molecular flexibility index (Phi) is 5.05. The van der Waals surface area contributed by atoms with Crippen LogP contribution in [0, 0.1) is 5.92 Å². The van der Waals surface area contributed by atoms with E-state index in [0.717, 1.165) is 36.3 Å². The number of fused-ring (bicyclic) bond motifs is 1. The van der Waals surface area contributed by atoms with E-state index in [0.29, 0.717) is 13.2 Å². The van der Waals surface area contributed by atoms with E-state index in [-0.39, 0.29) is 0 Å². The van der Waals surface area contributed by atoms with Crippen molar-refractivity contribution in [2.24, 2.45) is 5.92 Å². The number of hydrogen-bond donors (Lipinski definition) is 1. The van der Waals surface area contributed by atoms with Crippen LogP contribution in [-0.4, -0.2) is 51.9 Å². The molecule has 5 heteroatoms. The summed E-state index contributed by atoms with van der Waals surface area (Å²) < 4.78 is 16.7. The smallest absolute Gasteiger partial charge is 0.203 e. The van der Waals surface area contributed by atoms with Gasteiger partial charge in [-0.05, 0) is 56.6 Å². The van der Waals surface area contributed by atoms with E-state index in [1.54, 1.807) is 7.11 Å². The third-order valence-electron chi connectivity index (χ3n) is 4.37. The standard InChI is InChI=1S/C17H26N2O3/c1-19-5-3-4-13(12-19)10-18-11-14-8-15(20-2)17-16(9-14)21-6-7-22-17/h8-9,13,18H,3-7,10-12H2,1-2H3/t13-/m0/s1. The lowest BCUT2D eigenvalue weighted by molar-refractivity contribution is 0.165. The van der Waals surface area contributed by atoms with Crippen molar-refractivity contribution in [3.63, 3.8) is 0 Å². The molecule has 2 heterocycles. The van der Waals surface area contributed by atoms with Crippen LogP contribution in [0.3, 0.4) is 0 Å². The second-order valence-corrected chi connectivity index (χ2v) is 6.22. The molecule has 1 N–H and O–H groups in total. The molecule has 2 aliphatic rings. The third kappa shape index (κ3) is 3.65. The quantitative estimate of drug-likeness (QED) is 0.900. The van der Waals surface area contributed by atoms with Crippen molar-refractivity contribution in [2.45, 2.75) is 19.4 Å². The molecule has 0 amide bonds. The summed E-state index contributed by atoms with van der Waals surface area (Å²) in [4.78, 5) is 2.42. The van der Waals surface area contributed by atoms with Gasteiger partial charge in [0.25, 0.3) is 0 Å². The first-order valence-corrected chi connectivity index (χ1v) is 8.12. The van der Waals surface area contributed by atoms with Crippen molar-refractivity contribution in [2.75, 3.05) is 47.0 Å². The Balaban J connectivity index is 1.58. The number of likely N-dealkylation sites (tertiary alicyclic amines) is 1. The fourth-order valence-electron chi connectivity index (χ4n) is 3.29. The number of rotatable bonds is 5. The van der Waals surface area contributed by atoms with Gasteiger partial charge in [0.15, 0.2) is 11.5 Å². The molecular weight excluding hydrogens is 280 g/mol. The lowest BCUT2D eigenvalue weighted by Crippen LogP contribution is -2.37. The van der Waals surface area contributed by atoms with Crippen molar-refractivity contribution >= 4 is 0 Å². The lowest BCUT2D eigenvalue weighted by Gasteiger charge is -2.29. The minimum Gasteiger partial charge on any atom is -0.493 e. The van der Waals surface area contributed by atoms with E-state index < -0.39 is 0 Å². The van der Waals surface area contributed by atoms with Gasteiger partial charge in [0, 0.05) is 13.1 Å². The second-order valence-electron chi connectivity index (χ2n) is 6.22. The highest BCUT2D eigenvalue weighted by molar-refractivity contribution is 5.54. The molecule has 0 saturated carbocycles. The van der Waals surface area contributed by atoms with Crippen molar-refractivity contribution in [1.82, 2.24) is 10.2 Å². The SMILES string of the molecule is COc1cc(CNC[C@@H]2CCCN(C)C2)cc2c1OCCO2. The average molecular weight is 306 g/mol. The van der Waals surface area contributed by atoms with Crippen LogP contribution < -0.4 is 19.5 Å². The fraction of sp³-hybridized carbons (Fsp3) is 0.647. The Hall–Kier alpha value is -1.46. The van der Waals surface area contributed by atoms with Gasteiger partial charge in [-0.3, -0.25) is 0 Å². The van der Waals surface area contributed by atoms with Gasteiger partial charge in [0.1, 0.15) is 13.2 Å². The van der Waals surface area contributed by atoms with Gasteiger partial charge < -0.3 is 24.4 Å². The first-order valence-electron chi connectivity index (χ1n) is 8.12. The second kappa shape index (κ2) is 7.20. The van der Waals surface area contributed by atoms with Crippen LogP contribution in [0.5, 0.6) is 17.2 Å². The van der Waals surface area contributed by atoms with E-state index in [2.05, 4.69) is 23.3 Å². The van der Waals surface area contributed by atoms with E-state index >= 15 is 0 Å². The van der Waals surface area contributed by atoms with Gasteiger partial charge >= 0.3 is 0 Å². The van der Waals surface area contributed by atoms with E-state index in [4.69, 9.17) is 14.2 Å². The summed E-state index contributed by atoms with van der Waals surface area (Å²) in [6.07, 6.45) is 2.63. The Labute approximate surface area is 132 Å². The van der Waals surface area contributed by atoms with Crippen LogP contribution in [0.15, 0.2) is 12.1 Å². The zero-order valence-electron chi connectivity index (χ0n) is 13.6. The van der Waals surface area contributed by atoms with Crippen molar-refractivity contribution in [3.05, 3.63) is 17.7 Å². The van der Waals surface area contributed by atoms with Crippen molar-refractivity contribution in [1.29, 1.82) is 0 Å². The first-order chi connectivity index (χ1) is 10.8. The van der Waals surface area contributed by atoms with Crippen LogP contribution in [0.25, 0.3) is 0 Å². The monoisotopic (exact) mass is 306 g/mol. The molecule has 1 atom stereocenters. The number of nitrogens with one attached hydrogen (secondary N) is 1. The Morgan fingerprint density at radius 2 is 2.18 bits per heavy atom. The highest BCUT2D eigenvalue weighted by Gasteiger charge is 2.19. The van der Waals surface area contributed by atoms with Crippen LogP contribution in [0.4, 0.5) is 0 Å². The van der Waals surface area contributed by atoms with Crippen LogP contribution >= 0.6 is 0 Å². The number of hydrogen-bond acceptors (Lipinski definition) is 5. The van der Waals surface area contributed by atoms with Crippen LogP contribution in [0.1, 0.15) is 18.4 Å². The number of piperidine rings is 1. The molecule has 0 unspecified atom stereocenters. The number of nitrogens with zero attached hydrogens (tertiary/aromatic N) is 1. The fourth-order valence-corrected chi connectivity index (χ4v) is 3.29. The van der Waals surface area contributed by atoms with Gasteiger partial charge in [-0.2, -0.15) is 0 Å². The molecule has 1 aromatic rings. The Bertz CT molecular complexity index is 490. The number of ether oxygens (including phenoxy) is 3. The molecule has 0 radical (unpaired) electrons. The molecule has 5 nitrogen and oxygen atoms in total. The molecule has 122 valence electrons. The highest BCUT2D eigenvalue weighted by atomic mass is 16.6. The summed E-state index contributed by atoms with van der Waals surface area (Å²) in [6.45, 7) is 5.49. The summed E-state index contributed by atoms with van der Waals surface area (Å²) in [7, 11) is 3.88. The maximum absolute atomic E-state index is 5.68. The van der Waals surface area contributed by atoms with Crippen molar-refractivity contribution < 1.29 is 14.2 Å². The number of benzene rings is 1. The predicted molar refractivity (Wildman–Crippen MR) is 85.9 cm³/mol. The summed E-state index contributed by atoms with van der Waals surface area (Å²) in [5, 5.41) is 3.57. The molecule has 2 aliphatic heterocycles. The van der Waals surface area contributed by atoms with Gasteiger partial charge in [-0.15, -0.1) is 0 Å². The van der Waals surface area contributed by atoms with E-state index in [9.17, 15) is 0 Å². The van der Waals surface area contributed by atoms with Gasteiger partial charge in [-0.25, -0.2) is 0 Å². The molecule has 0 aromatic heterocycles. The van der Waals surface area contributed by atoms with Crippen LogP contribution in [-0.2, 0) is 6.54 Å². The highest BCUT2D eigenvalue weighted by Crippen LogP contribution is 2.40. The van der Waals surface area contributed by atoms with Crippen LogP contribution in [0.2, 0.25) is 0 Å². The first kappa shape index (κ1) is 15.4. The summed E-state index contributed by atoms with van der Waals surface area (Å²) in [6, 6.07) is 4.09. The van der Waals surface area contributed by atoms with Gasteiger partial charge in [-0.1, -0.05) is 0 Å². The Morgan fingerprint density at radius 3 is 3.00 bits per heavy atom. The summed E-state index contributed by atoms with van der Waals surface area (Å²) in [5.74, 6) is 3.02. The van der Waals surface area contributed by atoms with Gasteiger partial charge in [0.2, 0.25) is 5.75 Å². The van der Waals surface area contributed by atoms with Gasteiger partial charge in [0.05, 0.1) is 7.11 Å². The molecule has 0 spiro atoms. The average Bonchev–Trinajstić information content (AvgIpc) is 2.54. The third-order valence-corrected chi connectivity index (χ3v) is 4.37.